The van der Waals surface area contributed by atoms with Crippen molar-refractivity contribution >= 4 is 27.6 Å². The molecule has 0 aliphatic carbocycles. The van der Waals surface area contributed by atoms with Crippen LogP contribution in [0.4, 0.5) is 24.8 Å². The first-order chi connectivity index (χ1) is 8.94. The zero-order valence-electron chi connectivity index (χ0n) is 10.5. The molecule has 0 saturated heterocycles. The molecule has 0 fully saturated rings. The fraction of sp³-hybridized carbons (Fsp3) is 0.636. The molecule has 19 heavy (non-hydrogen) atoms. The molecule has 0 atom stereocenters. The summed E-state index contributed by atoms with van der Waals surface area (Å²) in [6, 6.07) is 0. The fourth-order valence-electron chi connectivity index (χ4n) is 1.36. The second-order valence-electron chi connectivity index (χ2n) is 3.96. The Morgan fingerprint density at radius 1 is 1.16 bits per heavy atom. The number of halogens is 4. The molecule has 8 heteroatoms. The van der Waals surface area contributed by atoms with Crippen molar-refractivity contribution in [2.24, 2.45) is 0 Å². The van der Waals surface area contributed by atoms with Crippen LogP contribution in [0.15, 0.2) is 10.8 Å². The highest BCUT2D eigenvalue weighted by atomic mass is 79.9. The molecule has 0 radical (unpaired) electrons. The lowest BCUT2D eigenvalue weighted by molar-refractivity contribution is -0.134. The van der Waals surface area contributed by atoms with Gasteiger partial charge in [-0.2, -0.15) is 13.2 Å². The summed E-state index contributed by atoms with van der Waals surface area (Å²) < 4.78 is 36.6. The number of nitrogens with one attached hydrogen (secondary N) is 2. The number of hydrogen-bond acceptors (Lipinski definition) is 4. The van der Waals surface area contributed by atoms with E-state index in [4.69, 9.17) is 0 Å². The first-order valence-electron chi connectivity index (χ1n) is 5.99. The Labute approximate surface area is 118 Å². The van der Waals surface area contributed by atoms with E-state index in [0.29, 0.717) is 16.1 Å². The number of alkyl halides is 3. The maximum atomic E-state index is 12.0. The zero-order valence-corrected chi connectivity index (χ0v) is 12.1. The third-order valence-corrected chi connectivity index (χ3v) is 3.01. The fourth-order valence-corrected chi connectivity index (χ4v) is 1.84. The highest BCUT2D eigenvalue weighted by Gasteiger charge is 2.25. The monoisotopic (exact) mass is 340 g/mol. The molecule has 0 aliphatic heterocycles. The normalized spacial score (nSPS) is 11.4. The van der Waals surface area contributed by atoms with Crippen LogP contribution in [0.1, 0.15) is 26.2 Å². The van der Waals surface area contributed by atoms with E-state index in [1.165, 1.54) is 6.33 Å². The average Bonchev–Trinajstić information content (AvgIpc) is 2.33. The van der Waals surface area contributed by atoms with E-state index in [2.05, 4.69) is 36.5 Å². The summed E-state index contributed by atoms with van der Waals surface area (Å²) in [5, 5.41) is 5.96. The molecule has 108 valence electrons. The minimum Gasteiger partial charge on any atom is -0.369 e. The molecule has 1 aromatic heterocycles. The van der Waals surface area contributed by atoms with Crippen LogP contribution >= 0.6 is 15.9 Å². The molecular weight excluding hydrogens is 325 g/mol. The summed E-state index contributed by atoms with van der Waals surface area (Å²) in [6.07, 6.45) is -2.58. The smallest absolute Gasteiger partial charge is 0.369 e. The van der Waals surface area contributed by atoms with Crippen molar-refractivity contribution in [1.29, 1.82) is 0 Å². The molecule has 0 amide bonds. The zero-order chi connectivity index (χ0) is 14.3. The lowest BCUT2D eigenvalue weighted by Gasteiger charge is -2.11. The van der Waals surface area contributed by atoms with Gasteiger partial charge in [-0.1, -0.05) is 6.92 Å². The maximum absolute atomic E-state index is 12.0. The third kappa shape index (κ3) is 6.09. The van der Waals surface area contributed by atoms with Gasteiger partial charge in [-0.25, -0.2) is 9.97 Å². The van der Waals surface area contributed by atoms with E-state index in [1.807, 2.05) is 6.92 Å². The van der Waals surface area contributed by atoms with Gasteiger partial charge in [0.2, 0.25) is 0 Å². The van der Waals surface area contributed by atoms with Crippen molar-refractivity contribution in [2.45, 2.75) is 32.4 Å². The largest absolute Gasteiger partial charge is 0.389 e. The molecule has 0 aromatic carbocycles. The van der Waals surface area contributed by atoms with Gasteiger partial charge in [-0.3, -0.25) is 0 Å². The van der Waals surface area contributed by atoms with Crippen LogP contribution in [0.2, 0.25) is 0 Å². The maximum Gasteiger partial charge on any atom is 0.389 e. The lowest BCUT2D eigenvalue weighted by atomic mass is 10.3. The van der Waals surface area contributed by atoms with Crippen molar-refractivity contribution in [2.75, 3.05) is 23.7 Å². The van der Waals surface area contributed by atoms with Gasteiger partial charge in [-0.15, -0.1) is 0 Å². The van der Waals surface area contributed by atoms with Gasteiger partial charge >= 0.3 is 6.18 Å². The lowest BCUT2D eigenvalue weighted by Crippen LogP contribution is -2.12. The SMILES string of the molecule is CCCNc1ncnc(NCCCC(F)(F)F)c1Br. The van der Waals surface area contributed by atoms with Gasteiger partial charge < -0.3 is 10.6 Å². The molecule has 0 spiro atoms. The first kappa shape index (κ1) is 16.0. The molecule has 0 bridgehead atoms. The summed E-state index contributed by atoms with van der Waals surface area (Å²) in [7, 11) is 0. The van der Waals surface area contributed by atoms with E-state index < -0.39 is 12.6 Å². The van der Waals surface area contributed by atoms with Crippen LogP contribution < -0.4 is 10.6 Å². The Bertz CT molecular complexity index is 398. The topological polar surface area (TPSA) is 49.8 Å². The van der Waals surface area contributed by atoms with Crippen molar-refractivity contribution in [1.82, 2.24) is 9.97 Å². The van der Waals surface area contributed by atoms with Crippen molar-refractivity contribution in [3.05, 3.63) is 10.8 Å². The van der Waals surface area contributed by atoms with Crippen LogP contribution in [0.3, 0.4) is 0 Å². The summed E-state index contributed by atoms with van der Waals surface area (Å²) in [6.45, 7) is 3.00. The Morgan fingerprint density at radius 2 is 1.74 bits per heavy atom. The number of anilines is 2. The molecule has 1 heterocycles. The minimum atomic E-state index is -4.11. The highest BCUT2D eigenvalue weighted by molar-refractivity contribution is 9.10. The van der Waals surface area contributed by atoms with Gasteiger partial charge in [0.1, 0.15) is 22.4 Å². The second kappa shape index (κ2) is 7.52. The quantitative estimate of drug-likeness (QED) is 0.741. The van der Waals surface area contributed by atoms with Gasteiger partial charge in [-0.05, 0) is 28.8 Å². The van der Waals surface area contributed by atoms with Crippen LogP contribution in [-0.2, 0) is 0 Å². The van der Waals surface area contributed by atoms with Crippen molar-refractivity contribution in [3.8, 4) is 0 Å². The van der Waals surface area contributed by atoms with E-state index in [-0.39, 0.29) is 13.0 Å². The Hall–Kier alpha value is -1.05. The van der Waals surface area contributed by atoms with Crippen LogP contribution in [0.25, 0.3) is 0 Å². The molecule has 4 nitrogen and oxygen atoms in total. The molecular formula is C11H16BrF3N4. The van der Waals surface area contributed by atoms with Gasteiger partial charge in [0.25, 0.3) is 0 Å². The summed E-state index contributed by atoms with van der Waals surface area (Å²) in [5.41, 5.74) is 0. The Kier molecular flexibility index (Phi) is 6.33. The van der Waals surface area contributed by atoms with E-state index >= 15 is 0 Å². The molecule has 0 saturated carbocycles. The van der Waals surface area contributed by atoms with Crippen LogP contribution in [0.5, 0.6) is 0 Å². The minimum absolute atomic E-state index is 0.0116. The van der Waals surface area contributed by atoms with Gasteiger partial charge in [0.15, 0.2) is 0 Å². The van der Waals surface area contributed by atoms with Crippen molar-refractivity contribution < 1.29 is 13.2 Å². The number of rotatable bonds is 7. The standard InChI is InChI=1S/C11H16BrF3N4/c1-2-5-16-9-8(12)10(19-7-18-9)17-6-3-4-11(13,14)15/h7H,2-6H2,1H3,(H2,16,17,18,19). The molecule has 1 aromatic rings. The Morgan fingerprint density at radius 3 is 2.26 bits per heavy atom. The van der Waals surface area contributed by atoms with E-state index in [9.17, 15) is 13.2 Å². The second-order valence-corrected chi connectivity index (χ2v) is 4.75. The predicted octanol–water partition coefficient (Wildman–Crippen LogP) is 3.82. The van der Waals surface area contributed by atoms with Gasteiger partial charge in [0, 0.05) is 19.5 Å². The number of aromatic nitrogens is 2. The van der Waals surface area contributed by atoms with Crippen molar-refractivity contribution in [3.63, 3.8) is 0 Å². The highest BCUT2D eigenvalue weighted by Crippen LogP contribution is 2.27. The van der Waals surface area contributed by atoms with Gasteiger partial charge in [0.05, 0.1) is 0 Å². The number of hydrogen-bond donors (Lipinski definition) is 2. The summed E-state index contributed by atoms with van der Waals surface area (Å²) >= 11 is 3.33. The number of nitrogens with zero attached hydrogens (tertiary/aromatic N) is 2. The van der Waals surface area contributed by atoms with Crippen LogP contribution in [0, 0.1) is 0 Å². The molecule has 1 rings (SSSR count). The molecule has 0 unspecified atom stereocenters. The molecule has 0 aliphatic rings. The average molecular weight is 341 g/mol. The summed E-state index contributed by atoms with van der Waals surface area (Å²) in [5.74, 6) is 1.13. The van der Waals surface area contributed by atoms with Crippen LogP contribution in [-0.4, -0.2) is 29.2 Å². The van der Waals surface area contributed by atoms with E-state index in [0.717, 1.165) is 13.0 Å². The first-order valence-corrected chi connectivity index (χ1v) is 6.78. The van der Waals surface area contributed by atoms with E-state index in [1.54, 1.807) is 0 Å². The Balaban J connectivity index is 2.49. The third-order valence-electron chi connectivity index (χ3n) is 2.26. The predicted molar refractivity (Wildman–Crippen MR) is 72.3 cm³/mol. The summed E-state index contributed by atoms with van der Waals surface area (Å²) in [4.78, 5) is 8.05. The molecule has 2 N–H and O–H groups in total.